The van der Waals surface area contributed by atoms with Crippen molar-refractivity contribution in [3.8, 4) is 0 Å². The Hall–Kier alpha value is -1.72. The molecule has 3 N–H and O–H groups in total. The lowest BCUT2D eigenvalue weighted by atomic mass is 10.1. The summed E-state index contributed by atoms with van der Waals surface area (Å²) in [6.07, 6.45) is -1.86. The Morgan fingerprint density at radius 1 is 1.62 bits per heavy atom. The summed E-state index contributed by atoms with van der Waals surface area (Å²) in [7, 11) is 0. The molecule has 13 heavy (non-hydrogen) atoms. The average molecular weight is 188 g/mol. The van der Waals surface area contributed by atoms with Gasteiger partial charge in [-0.2, -0.15) is 0 Å². The number of aromatic carboxylic acids is 1. The third-order valence-electron chi connectivity index (χ3n) is 1.44. The standard InChI is InChI=1S/C7H6F2N2O2/c8-6(9)4-3(10)1-2-11-5(4)7(12)13/h1-2,6H,(H2,10,11)(H,12,13). The number of hydrogen-bond acceptors (Lipinski definition) is 3. The molecule has 0 aromatic carbocycles. The number of carboxylic acids is 1. The Bertz CT molecular complexity index is 341. The zero-order chi connectivity index (χ0) is 10.0. The van der Waals surface area contributed by atoms with Crippen LogP contribution in [0, 0.1) is 0 Å². The Labute approximate surface area is 72.0 Å². The monoisotopic (exact) mass is 188 g/mol. The number of nitrogen functional groups attached to an aromatic ring is 1. The van der Waals surface area contributed by atoms with Crippen LogP contribution in [0.5, 0.6) is 0 Å². The molecule has 1 aromatic heterocycles. The maximum Gasteiger partial charge on any atom is 0.355 e. The number of carbonyl (C=O) groups is 1. The van der Waals surface area contributed by atoms with Crippen molar-refractivity contribution in [2.24, 2.45) is 0 Å². The van der Waals surface area contributed by atoms with Crippen molar-refractivity contribution in [2.75, 3.05) is 5.73 Å². The average Bonchev–Trinajstić information content (AvgIpc) is 2.02. The summed E-state index contributed by atoms with van der Waals surface area (Å²) in [4.78, 5) is 13.7. The molecule has 0 atom stereocenters. The van der Waals surface area contributed by atoms with Gasteiger partial charge in [-0.05, 0) is 6.07 Å². The highest BCUT2D eigenvalue weighted by Crippen LogP contribution is 2.26. The van der Waals surface area contributed by atoms with E-state index in [-0.39, 0.29) is 5.69 Å². The van der Waals surface area contributed by atoms with E-state index in [1.807, 2.05) is 0 Å². The van der Waals surface area contributed by atoms with Crippen LogP contribution in [-0.4, -0.2) is 16.1 Å². The van der Waals surface area contributed by atoms with Gasteiger partial charge < -0.3 is 10.8 Å². The molecule has 6 heteroatoms. The second kappa shape index (κ2) is 3.34. The topological polar surface area (TPSA) is 76.2 Å². The van der Waals surface area contributed by atoms with Crippen LogP contribution in [0.1, 0.15) is 22.5 Å². The van der Waals surface area contributed by atoms with Crippen molar-refractivity contribution < 1.29 is 18.7 Å². The smallest absolute Gasteiger partial charge is 0.355 e. The lowest BCUT2D eigenvalue weighted by molar-refractivity contribution is 0.0677. The normalized spacial score (nSPS) is 10.4. The molecule has 70 valence electrons. The second-order valence-corrected chi connectivity index (χ2v) is 2.27. The van der Waals surface area contributed by atoms with Crippen LogP contribution in [0.4, 0.5) is 14.5 Å². The Morgan fingerprint density at radius 2 is 2.23 bits per heavy atom. The van der Waals surface area contributed by atoms with Crippen LogP contribution in [0.15, 0.2) is 12.3 Å². The molecule has 0 aliphatic carbocycles. The molecule has 0 aliphatic rings. The predicted molar refractivity (Wildman–Crippen MR) is 40.6 cm³/mol. The van der Waals surface area contributed by atoms with Crippen molar-refractivity contribution in [2.45, 2.75) is 6.43 Å². The first-order valence-corrected chi connectivity index (χ1v) is 3.30. The molecule has 0 fully saturated rings. The van der Waals surface area contributed by atoms with Gasteiger partial charge >= 0.3 is 5.97 Å². The van der Waals surface area contributed by atoms with Crippen LogP contribution in [0.3, 0.4) is 0 Å². The van der Waals surface area contributed by atoms with Crippen molar-refractivity contribution >= 4 is 11.7 Å². The number of alkyl halides is 2. The molecule has 4 nitrogen and oxygen atoms in total. The predicted octanol–water partition coefficient (Wildman–Crippen LogP) is 1.30. The summed E-state index contributed by atoms with van der Waals surface area (Å²) in [6.45, 7) is 0. The number of hydrogen-bond donors (Lipinski definition) is 2. The van der Waals surface area contributed by atoms with E-state index in [9.17, 15) is 13.6 Å². The molecule has 0 unspecified atom stereocenters. The number of nitrogens with zero attached hydrogens (tertiary/aromatic N) is 1. The van der Waals surface area contributed by atoms with Crippen molar-refractivity contribution in [1.29, 1.82) is 0 Å². The molecule has 1 heterocycles. The minimum atomic E-state index is -2.93. The van der Waals surface area contributed by atoms with Gasteiger partial charge in [0.25, 0.3) is 6.43 Å². The molecule has 0 radical (unpaired) electrons. The number of carboxylic acid groups (broad SMARTS) is 1. The minimum Gasteiger partial charge on any atom is -0.476 e. The first-order valence-electron chi connectivity index (χ1n) is 3.30. The van der Waals surface area contributed by atoms with Crippen molar-refractivity contribution in [3.63, 3.8) is 0 Å². The molecule has 0 saturated carbocycles. The number of anilines is 1. The van der Waals surface area contributed by atoms with Crippen LogP contribution in [0.25, 0.3) is 0 Å². The highest BCUT2D eigenvalue weighted by molar-refractivity contribution is 5.88. The maximum absolute atomic E-state index is 12.3. The van der Waals surface area contributed by atoms with Gasteiger partial charge in [-0.3, -0.25) is 0 Å². The van der Waals surface area contributed by atoms with Gasteiger partial charge in [-0.1, -0.05) is 0 Å². The van der Waals surface area contributed by atoms with Gasteiger partial charge in [0.2, 0.25) is 0 Å². The number of nitrogens with two attached hydrogens (primary N) is 1. The molecular formula is C7H6F2N2O2. The van der Waals surface area contributed by atoms with Gasteiger partial charge in [-0.15, -0.1) is 0 Å². The highest BCUT2D eigenvalue weighted by Gasteiger charge is 2.21. The third-order valence-corrected chi connectivity index (χ3v) is 1.44. The van der Waals surface area contributed by atoms with E-state index in [0.717, 1.165) is 12.3 Å². The van der Waals surface area contributed by atoms with E-state index < -0.39 is 23.7 Å². The maximum atomic E-state index is 12.3. The summed E-state index contributed by atoms with van der Waals surface area (Å²) in [5.41, 5.74) is 3.49. The Balaban J connectivity index is 3.34. The Kier molecular flexibility index (Phi) is 2.41. The number of halogens is 2. The number of aromatic nitrogens is 1. The third kappa shape index (κ3) is 1.71. The fourth-order valence-corrected chi connectivity index (χ4v) is 0.888. The summed E-state index contributed by atoms with van der Waals surface area (Å²) < 4.78 is 24.5. The quantitative estimate of drug-likeness (QED) is 0.733. The fourth-order valence-electron chi connectivity index (χ4n) is 0.888. The van der Waals surface area contributed by atoms with Crippen LogP contribution >= 0.6 is 0 Å². The molecular weight excluding hydrogens is 182 g/mol. The van der Waals surface area contributed by atoms with Gasteiger partial charge in [0.1, 0.15) is 0 Å². The molecule has 0 saturated heterocycles. The first-order chi connectivity index (χ1) is 6.04. The van der Waals surface area contributed by atoms with E-state index in [1.54, 1.807) is 0 Å². The zero-order valence-electron chi connectivity index (χ0n) is 6.37. The molecule has 0 aliphatic heterocycles. The van der Waals surface area contributed by atoms with Gasteiger partial charge in [0.05, 0.1) is 5.56 Å². The van der Waals surface area contributed by atoms with E-state index >= 15 is 0 Å². The van der Waals surface area contributed by atoms with E-state index in [1.165, 1.54) is 0 Å². The highest BCUT2D eigenvalue weighted by atomic mass is 19.3. The first kappa shape index (κ1) is 9.37. The van der Waals surface area contributed by atoms with E-state index in [2.05, 4.69) is 4.98 Å². The molecule has 0 bridgehead atoms. The van der Waals surface area contributed by atoms with Crippen LogP contribution < -0.4 is 5.73 Å². The summed E-state index contributed by atoms with van der Waals surface area (Å²) in [5, 5.41) is 8.49. The zero-order valence-corrected chi connectivity index (χ0v) is 6.37. The molecule has 0 spiro atoms. The Morgan fingerprint density at radius 3 is 2.62 bits per heavy atom. The van der Waals surface area contributed by atoms with Crippen LogP contribution in [-0.2, 0) is 0 Å². The fraction of sp³-hybridized carbons (Fsp3) is 0.143. The van der Waals surface area contributed by atoms with Crippen molar-refractivity contribution in [1.82, 2.24) is 4.98 Å². The van der Waals surface area contributed by atoms with Gasteiger partial charge in [0.15, 0.2) is 5.69 Å². The largest absolute Gasteiger partial charge is 0.476 e. The van der Waals surface area contributed by atoms with Crippen molar-refractivity contribution in [3.05, 3.63) is 23.5 Å². The van der Waals surface area contributed by atoms with E-state index in [4.69, 9.17) is 10.8 Å². The second-order valence-electron chi connectivity index (χ2n) is 2.27. The van der Waals surface area contributed by atoms with Gasteiger partial charge in [0, 0.05) is 11.9 Å². The summed E-state index contributed by atoms with van der Waals surface area (Å²) >= 11 is 0. The summed E-state index contributed by atoms with van der Waals surface area (Å²) in [5.74, 6) is -1.51. The number of rotatable bonds is 2. The van der Waals surface area contributed by atoms with E-state index in [0.29, 0.717) is 0 Å². The minimum absolute atomic E-state index is 0.262. The lowest BCUT2D eigenvalue weighted by Crippen LogP contribution is -2.08. The lowest BCUT2D eigenvalue weighted by Gasteiger charge is -2.06. The van der Waals surface area contributed by atoms with Crippen LogP contribution in [0.2, 0.25) is 0 Å². The summed E-state index contributed by atoms with van der Waals surface area (Å²) in [6, 6.07) is 1.13. The molecule has 1 aromatic rings. The SMILES string of the molecule is Nc1ccnc(C(=O)O)c1C(F)F. The molecule has 0 amide bonds. The van der Waals surface area contributed by atoms with Gasteiger partial charge in [-0.25, -0.2) is 18.6 Å². The molecule has 1 rings (SSSR count). The number of pyridine rings is 1.